The Hall–Kier alpha value is -1.40. The quantitative estimate of drug-likeness (QED) is 0.837. The fourth-order valence-electron chi connectivity index (χ4n) is 3.46. The van der Waals surface area contributed by atoms with E-state index in [1.165, 1.54) is 22.7 Å². The number of nitrogens with one attached hydrogen (secondary N) is 1. The van der Waals surface area contributed by atoms with Gasteiger partial charge in [-0.1, -0.05) is 19.3 Å². The number of aliphatic hydroxyl groups excluding tert-OH is 1. The first-order valence-electron chi connectivity index (χ1n) is 7.87. The molecule has 1 aromatic heterocycles. The van der Waals surface area contributed by atoms with E-state index >= 15 is 0 Å². The third-order valence-corrected chi connectivity index (χ3v) is 5.62. The number of thiophene rings is 1. The van der Waals surface area contributed by atoms with Crippen molar-refractivity contribution < 1.29 is 14.7 Å². The summed E-state index contributed by atoms with van der Waals surface area (Å²) in [6, 6.07) is 1.44. The second-order valence-electron chi connectivity index (χ2n) is 6.45. The zero-order chi connectivity index (χ0) is 15.7. The van der Waals surface area contributed by atoms with Crippen molar-refractivity contribution >= 4 is 23.3 Å². The molecule has 3 rings (SSSR count). The van der Waals surface area contributed by atoms with Crippen molar-refractivity contribution in [1.82, 2.24) is 10.2 Å². The highest BCUT2D eigenvalue weighted by molar-refractivity contribution is 7.08. The number of carbonyl (C=O) groups is 2. The number of rotatable bonds is 4. The summed E-state index contributed by atoms with van der Waals surface area (Å²) in [5, 5.41) is 16.9. The SMILES string of the molecule is C[C@]1(c2ccsc2)NC(=O)N(C[C@@H](O)C2CCCCC2)C1=O. The number of nitrogens with zero attached hydrogens (tertiary/aromatic N) is 1. The van der Waals surface area contributed by atoms with Crippen LogP contribution in [0.1, 0.15) is 44.6 Å². The van der Waals surface area contributed by atoms with Crippen LogP contribution in [-0.4, -0.2) is 34.6 Å². The van der Waals surface area contributed by atoms with E-state index in [2.05, 4.69) is 5.32 Å². The van der Waals surface area contributed by atoms with Gasteiger partial charge in [0, 0.05) is 0 Å². The fourth-order valence-corrected chi connectivity index (χ4v) is 4.23. The highest BCUT2D eigenvalue weighted by Crippen LogP contribution is 2.32. The largest absolute Gasteiger partial charge is 0.391 e. The predicted molar refractivity (Wildman–Crippen MR) is 84.5 cm³/mol. The average molecular weight is 322 g/mol. The molecular weight excluding hydrogens is 300 g/mol. The Balaban J connectivity index is 1.72. The van der Waals surface area contributed by atoms with E-state index < -0.39 is 17.7 Å². The number of urea groups is 1. The van der Waals surface area contributed by atoms with Gasteiger partial charge in [0.15, 0.2) is 0 Å². The summed E-state index contributed by atoms with van der Waals surface area (Å²) in [7, 11) is 0. The van der Waals surface area contributed by atoms with Crippen LogP contribution in [-0.2, 0) is 10.3 Å². The molecule has 2 fully saturated rings. The molecule has 120 valence electrons. The molecule has 3 amide bonds. The fraction of sp³-hybridized carbons (Fsp3) is 0.625. The third-order valence-electron chi connectivity index (χ3n) is 4.94. The number of amides is 3. The lowest BCUT2D eigenvalue weighted by Gasteiger charge is -2.29. The van der Waals surface area contributed by atoms with Gasteiger partial charge in [0.2, 0.25) is 0 Å². The molecule has 0 radical (unpaired) electrons. The molecule has 6 heteroatoms. The van der Waals surface area contributed by atoms with Gasteiger partial charge in [0.25, 0.3) is 5.91 Å². The molecule has 1 aromatic rings. The molecule has 1 saturated heterocycles. The molecule has 5 nitrogen and oxygen atoms in total. The van der Waals surface area contributed by atoms with Crippen LogP contribution in [0, 0.1) is 5.92 Å². The molecule has 2 aliphatic rings. The smallest absolute Gasteiger partial charge is 0.325 e. The van der Waals surface area contributed by atoms with Gasteiger partial charge in [-0.3, -0.25) is 9.69 Å². The van der Waals surface area contributed by atoms with Crippen molar-refractivity contribution in [2.75, 3.05) is 6.54 Å². The van der Waals surface area contributed by atoms with Gasteiger partial charge in [-0.15, -0.1) is 0 Å². The Kier molecular flexibility index (Phi) is 4.23. The van der Waals surface area contributed by atoms with E-state index in [0.717, 1.165) is 31.2 Å². The summed E-state index contributed by atoms with van der Waals surface area (Å²) in [5.74, 6) is -0.0758. The Bertz CT molecular complexity index is 554. The Labute approximate surface area is 134 Å². The van der Waals surface area contributed by atoms with Crippen LogP contribution >= 0.6 is 11.3 Å². The number of hydrogen-bond acceptors (Lipinski definition) is 4. The number of aliphatic hydroxyl groups is 1. The maximum atomic E-state index is 12.7. The Morgan fingerprint density at radius 3 is 2.77 bits per heavy atom. The number of carbonyl (C=O) groups excluding carboxylic acids is 2. The van der Waals surface area contributed by atoms with Crippen molar-refractivity contribution in [3.05, 3.63) is 22.4 Å². The first-order valence-corrected chi connectivity index (χ1v) is 8.81. The predicted octanol–water partition coefficient (Wildman–Crippen LogP) is 2.46. The van der Waals surface area contributed by atoms with Crippen molar-refractivity contribution in [3.8, 4) is 0 Å². The monoisotopic (exact) mass is 322 g/mol. The lowest BCUT2D eigenvalue weighted by molar-refractivity contribution is -0.132. The van der Waals surface area contributed by atoms with E-state index in [9.17, 15) is 14.7 Å². The number of imide groups is 1. The molecule has 1 saturated carbocycles. The minimum atomic E-state index is -1.01. The van der Waals surface area contributed by atoms with Crippen LogP contribution < -0.4 is 5.32 Å². The molecule has 0 spiro atoms. The van der Waals surface area contributed by atoms with Gasteiger partial charge in [0.1, 0.15) is 5.54 Å². The zero-order valence-corrected chi connectivity index (χ0v) is 13.6. The average Bonchev–Trinajstić information content (AvgIpc) is 3.13. The molecule has 1 aliphatic carbocycles. The molecule has 0 bridgehead atoms. The molecule has 0 aromatic carbocycles. The second-order valence-corrected chi connectivity index (χ2v) is 7.23. The van der Waals surface area contributed by atoms with Gasteiger partial charge < -0.3 is 10.4 Å². The van der Waals surface area contributed by atoms with Crippen LogP contribution in [0.15, 0.2) is 16.8 Å². The van der Waals surface area contributed by atoms with Gasteiger partial charge in [-0.25, -0.2) is 4.79 Å². The summed E-state index contributed by atoms with van der Waals surface area (Å²) in [5.41, 5.74) is -0.214. The van der Waals surface area contributed by atoms with Gasteiger partial charge in [0.05, 0.1) is 12.6 Å². The van der Waals surface area contributed by atoms with E-state index in [-0.39, 0.29) is 18.4 Å². The third kappa shape index (κ3) is 2.65. The normalized spacial score (nSPS) is 28.0. The molecular formula is C16H22N2O3S. The van der Waals surface area contributed by atoms with Crippen LogP contribution in [0.2, 0.25) is 0 Å². The Morgan fingerprint density at radius 2 is 2.14 bits per heavy atom. The summed E-state index contributed by atoms with van der Waals surface area (Å²) in [4.78, 5) is 26.1. The molecule has 2 atom stereocenters. The van der Waals surface area contributed by atoms with E-state index in [4.69, 9.17) is 0 Å². The van der Waals surface area contributed by atoms with E-state index in [1.807, 2.05) is 16.8 Å². The van der Waals surface area contributed by atoms with Crippen molar-refractivity contribution in [2.45, 2.75) is 50.7 Å². The van der Waals surface area contributed by atoms with Crippen LogP contribution in [0.4, 0.5) is 4.79 Å². The first kappa shape index (κ1) is 15.5. The maximum Gasteiger partial charge on any atom is 0.325 e. The van der Waals surface area contributed by atoms with Crippen LogP contribution in [0.25, 0.3) is 0 Å². The number of hydrogen-bond donors (Lipinski definition) is 2. The van der Waals surface area contributed by atoms with Gasteiger partial charge in [-0.2, -0.15) is 11.3 Å². The van der Waals surface area contributed by atoms with Crippen molar-refractivity contribution in [3.63, 3.8) is 0 Å². The molecule has 2 heterocycles. The minimum Gasteiger partial charge on any atom is -0.391 e. The lowest BCUT2D eigenvalue weighted by atomic mass is 9.85. The molecule has 0 unspecified atom stereocenters. The second kappa shape index (κ2) is 6.01. The molecule has 2 N–H and O–H groups in total. The summed E-state index contributed by atoms with van der Waals surface area (Å²) in [6.45, 7) is 1.82. The van der Waals surface area contributed by atoms with Crippen molar-refractivity contribution in [2.24, 2.45) is 5.92 Å². The summed E-state index contributed by atoms with van der Waals surface area (Å²) >= 11 is 1.49. The topological polar surface area (TPSA) is 69.6 Å². The van der Waals surface area contributed by atoms with E-state index in [0.29, 0.717) is 0 Å². The first-order chi connectivity index (χ1) is 10.5. The van der Waals surface area contributed by atoms with Gasteiger partial charge >= 0.3 is 6.03 Å². The molecule has 22 heavy (non-hydrogen) atoms. The highest BCUT2D eigenvalue weighted by Gasteiger charge is 2.49. The maximum absolute atomic E-state index is 12.7. The van der Waals surface area contributed by atoms with Crippen LogP contribution in [0.5, 0.6) is 0 Å². The van der Waals surface area contributed by atoms with Crippen LogP contribution in [0.3, 0.4) is 0 Å². The zero-order valence-electron chi connectivity index (χ0n) is 12.7. The van der Waals surface area contributed by atoms with Crippen molar-refractivity contribution in [1.29, 1.82) is 0 Å². The summed E-state index contributed by atoms with van der Waals surface area (Å²) < 4.78 is 0. The summed E-state index contributed by atoms with van der Waals surface area (Å²) in [6.07, 6.45) is 4.78. The minimum absolute atomic E-state index is 0.0923. The van der Waals surface area contributed by atoms with E-state index in [1.54, 1.807) is 6.92 Å². The molecule has 1 aliphatic heterocycles. The lowest BCUT2D eigenvalue weighted by Crippen LogP contribution is -2.43. The standard InChI is InChI=1S/C16H22N2O3S/c1-16(12-7-8-22-10-12)14(20)18(15(21)17-16)9-13(19)11-5-3-2-4-6-11/h7-8,10-11,13,19H,2-6,9H2,1H3,(H,17,21)/t13-,16-/m1/s1. The van der Waals surface area contributed by atoms with Gasteiger partial charge in [-0.05, 0) is 48.1 Å². The number of β-amino-alcohol motifs (C(OH)–C–C–N with tert-alkyl or cyclic N) is 1. The highest BCUT2D eigenvalue weighted by atomic mass is 32.1. The Morgan fingerprint density at radius 1 is 1.41 bits per heavy atom.